The maximum Gasteiger partial charge on any atom is 0.331 e. The molecule has 1 aromatic rings. The Morgan fingerprint density at radius 1 is 1.31 bits per heavy atom. The van der Waals surface area contributed by atoms with Gasteiger partial charge in [-0.25, -0.2) is 4.79 Å². The van der Waals surface area contributed by atoms with E-state index in [0.717, 1.165) is 18.5 Å². The van der Waals surface area contributed by atoms with E-state index in [0.29, 0.717) is 38.3 Å². The zero-order valence-corrected chi connectivity index (χ0v) is 15.9. The third-order valence-electron chi connectivity index (χ3n) is 5.69. The van der Waals surface area contributed by atoms with E-state index >= 15 is 0 Å². The van der Waals surface area contributed by atoms with Crippen LogP contribution < -0.4 is 0 Å². The minimum atomic E-state index is -1.06. The molecule has 1 aliphatic heterocycles. The number of likely N-dealkylation sites (tertiary alicyclic amines) is 1. The molecule has 1 atom stereocenters. The maximum absolute atomic E-state index is 12.5. The summed E-state index contributed by atoms with van der Waals surface area (Å²) < 4.78 is 1.61. The lowest BCUT2D eigenvalue weighted by Crippen LogP contribution is -2.52. The van der Waals surface area contributed by atoms with Crippen LogP contribution in [0, 0.1) is 5.92 Å². The third-order valence-corrected chi connectivity index (χ3v) is 5.69. The summed E-state index contributed by atoms with van der Waals surface area (Å²) in [7, 11) is 0. The fourth-order valence-electron chi connectivity index (χ4n) is 3.85. The highest BCUT2D eigenvalue weighted by Gasteiger charge is 2.45. The number of piperidine rings is 1. The van der Waals surface area contributed by atoms with Gasteiger partial charge in [-0.15, -0.1) is 0 Å². The molecule has 1 fully saturated rings. The van der Waals surface area contributed by atoms with Crippen molar-refractivity contribution in [1.82, 2.24) is 14.7 Å². The Hall–Kier alpha value is -2.11. The molecule has 3 rings (SSSR count). The van der Waals surface area contributed by atoms with E-state index in [1.54, 1.807) is 10.9 Å². The Bertz CT molecular complexity index is 706. The van der Waals surface area contributed by atoms with Crippen LogP contribution in [0.4, 0.5) is 0 Å². The van der Waals surface area contributed by atoms with Crippen molar-refractivity contribution in [3.8, 4) is 0 Å². The highest BCUT2D eigenvalue weighted by Crippen LogP contribution is 2.33. The predicted molar refractivity (Wildman–Crippen MR) is 98.8 cm³/mol. The number of hydrogen-bond acceptors (Lipinski definition) is 3. The van der Waals surface area contributed by atoms with Gasteiger partial charge in [-0.2, -0.15) is 5.10 Å². The number of allylic oxidation sites excluding steroid dienone is 2. The number of rotatable bonds is 4. The van der Waals surface area contributed by atoms with E-state index < -0.39 is 11.5 Å². The number of aliphatic carboxylic acids is 1. The summed E-state index contributed by atoms with van der Waals surface area (Å²) in [5, 5.41) is 14.5. The summed E-state index contributed by atoms with van der Waals surface area (Å²) >= 11 is 0. The molecule has 0 radical (unpaired) electrons. The number of carboxylic acid groups (broad SMARTS) is 1. The largest absolute Gasteiger partial charge is 0.479 e. The second kappa shape index (κ2) is 6.89. The van der Waals surface area contributed by atoms with Crippen molar-refractivity contribution in [3.63, 3.8) is 0 Å². The van der Waals surface area contributed by atoms with Gasteiger partial charge in [-0.05, 0) is 24.8 Å². The number of carbonyl (C=O) groups excluding carboxylic acids is 1. The van der Waals surface area contributed by atoms with E-state index in [9.17, 15) is 14.7 Å². The normalized spacial score (nSPS) is 22.6. The van der Waals surface area contributed by atoms with Crippen molar-refractivity contribution in [2.24, 2.45) is 5.92 Å². The molecule has 1 aliphatic carbocycles. The molecule has 2 heterocycles. The number of carboxylic acids is 1. The van der Waals surface area contributed by atoms with Crippen LogP contribution >= 0.6 is 0 Å². The van der Waals surface area contributed by atoms with Gasteiger partial charge in [0, 0.05) is 44.0 Å². The Morgan fingerprint density at radius 3 is 2.50 bits per heavy atom. The highest BCUT2D eigenvalue weighted by atomic mass is 16.4. The van der Waals surface area contributed by atoms with Crippen molar-refractivity contribution in [1.29, 1.82) is 0 Å². The fraction of sp³-hybridized carbons (Fsp3) is 0.650. The lowest BCUT2D eigenvalue weighted by molar-refractivity contribution is -0.153. The van der Waals surface area contributed by atoms with Crippen LogP contribution in [0.25, 0.3) is 0 Å². The zero-order valence-electron chi connectivity index (χ0n) is 15.9. The number of aromatic nitrogens is 2. The van der Waals surface area contributed by atoms with Crippen LogP contribution in [-0.4, -0.2) is 44.8 Å². The van der Waals surface area contributed by atoms with Gasteiger partial charge in [0.1, 0.15) is 0 Å². The van der Waals surface area contributed by atoms with Crippen LogP contribution in [0.5, 0.6) is 0 Å². The standard InChI is InChI=1S/C20H29N3O3/c1-19(2,3)16-8-11-23(21-16)20(18(25)26)9-12-22(13-10-20)17(24)14-15-6-4-5-7-15/h4,6,8,11,15H,5,7,9-10,12-14H2,1-3H3,(H,25,26)/t15-/m0/s1. The van der Waals surface area contributed by atoms with Gasteiger partial charge in [0.2, 0.25) is 5.91 Å². The molecule has 1 saturated heterocycles. The quantitative estimate of drug-likeness (QED) is 0.839. The second-order valence-electron chi connectivity index (χ2n) is 8.58. The highest BCUT2D eigenvalue weighted by molar-refractivity contribution is 5.79. The second-order valence-corrected chi connectivity index (χ2v) is 8.58. The Labute approximate surface area is 154 Å². The Balaban J connectivity index is 1.71. The van der Waals surface area contributed by atoms with E-state index in [1.165, 1.54) is 0 Å². The Kier molecular flexibility index (Phi) is 4.95. The molecule has 1 amide bonds. The van der Waals surface area contributed by atoms with Crippen molar-refractivity contribution in [3.05, 3.63) is 30.1 Å². The molecule has 0 bridgehead atoms. The molecule has 0 unspecified atom stereocenters. The zero-order chi connectivity index (χ0) is 18.9. The molecule has 0 aromatic carbocycles. The van der Waals surface area contributed by atoms with Gasteiger partial charge in [-0.1, -0.05) is 32.9 Å². The van der Waals surface area contributed by atoms with Crippen LogP contribution in [0.3, 0.4) is 0 Å². The third kappa shape index (κ3) is 3.55. The van der Waals surface area contributed by atoms with Crippen LogP contribution in [0.1, 0.15) is 58.6 Å². The monoisotopic (exact) mass is 359 g/mol. The lowest BCUT2D eigenvalue weighted by atomic mass is 9.87. The maximum atomic E-state index is 12.5. The average Bonchev–Trinajstić information content (AvgIpc) is 3.26. The van der Waals surface area contributed by atoms with Gasteiger partial charge in [0.25, 0.3) is 0 Å². The molecular formula is C20H29N3O3. The molecule has 0 saturated carbocycles. The molecule has 0 spiro atoms. The van der Waals surface area contributed by atoms with Crippen LogP contribution in [0.2, 0.25) is 0 Å². The van der Waals surface area contributed by atoms with Gasteiger partial charge >= 0.3 is 5.97 Å². The predicted octanol–water partition coefficient (Wildman–Crippen LogP) is 2.94. The summed E-state index contributed by atoms with van der Waals surface area (Å²) in [6.45, 7) is 7.11. The first-order valence-corrected chi connectivity index (χ1v) is 9.47. The van der Waals surface area contributed by atoms with Crippen LogP contribution in [-0.2, 0) is 20.5 Å². The minimum Gasteiger partial charge on any atom is -0.479 e. The molecular weight excluding hydrogens is 330 g/mol. The Morgan fingerprint density at radius 2 is 2.00 bits per heavy atom. The summed E-state index contributed by atoms with van der Waals surface area (Å²) in [6.07, 6.45) is 9.44. The van der Waals surface area contributed by atoms with Crippen LogP contribution in [0.15, 0.2) is 24.4 Å². The van der Waals surface area contributed by atoms with Crippen molar-refractivity contribution >= 4 is 11.9 Å². The molecule has 2 aliphatic rings. The number of carbonyl (C=O) groups is 2. The first-order chi connectivity index (χ1) is 12.2. The van der Waals surface area contributed by atoms with Gasteiger partial charge in [-0.3, -0.25) is 9.48 Å². The van der Waals surface area contributed by atoms with Gasteiger partial charge in [0.15, 0.2) is 5.54 Å². The number of amides is 1. The van der Waals surface area contributed by atoms with E-state index in [-0.39, 0.29) is 11.3 Å². The average molecular weight is 359 g/mol. The minimum absolute atomic E-state index is 0.129. The molecule has 6 nitrogen and oxygen atoms in total. The van der Waals surface area contributed by atoms with E-state index in [4.69, 9.17) is 0 Å². The number of nitrogens with zero attached hydrogens (tertiary/aromatic N) is 3. The first kappa shape index (κ1) is 18.7. The van der Waals surface area contributed by atoms with Crippen molar-refractivity contribution < 1.29 is 14.7 Å². The van der Waals surface area contributed by atoms with Gasteiger partial charge in [0.05, 0.1) is 5.69 Å². The molecule has 1 aromatic heterocycles. The molecule has 142 valence electrons. The number of hydrogen-bond donors (Lipinski definition) is 1. The molecule has 26 heavy (non-hydrogen) atoms. The van der Waals surface area contributed by atoms with Gasteiger partial charge < -0.3 is 10.0 Å². The molecule has 6 heteroatoms. The smallest absolute Gasteiger partial charge is 0.331 e. The first-order valence-electron chi connectivity index (χ1n) is 9.47. The van der Waals surface area contributed by atoms with Crippen molar-refractivity contribution in [2.45, 2.75) is 63.8 Å². The van der Waals surface area contributed by atoms with E-state index in [2.05, 4.69) is 38.0 Å². The fourth-order valence-corrected chi connectivity index (χ4v) is 3.85. The molecule has 1 N–H and O–H groups in total. The topological polar surface area (TPSA) is 75.4 Å². The summed E-state index contributed by atoms with van der Waals surface area (Å²) in [5.74, 6) is -0.391. The van der Waals surface area contributed by atoms with E-state index in [1.807, 2.05) is 11.0 Å². The summed E-state index contributed by atoms with van der Waals surface area (Å²) in [5.41, 5.74) is -0.311. The summed E-state index contributed by atoms with van der Waals surface area (Å²) in [4.78, 5) is 26.5. The van der Waals surface area contributed by atoms with Crippen molar-refractivity contribution in [2.75, 3.05) is 13.1 Å². The SMILES string of the molecule is CC(C)(C)c1ccn(C2(C(=O)O)CCN(C(=O)C[C@H]3C=CCC3)CC2)n1. The lowest BCUT2D eigenvalue weighted by Gasteiger charge is -2.39. The summed E-state index contributed by atoms with van der Waals surface area (Å²) in [6, 6.07) is 1.90.